The molecule has 33 heavy (non-hydrogen) atoms. The maximum atomic E-state index is 13.0. The minimum atomic E-state index is -0.466. The SMILES string of the molecule is COC(=O)c1c(OCCc2ccsc2)cc(=O)n2c1CCN(Cc1cc(C)cc(C)c1)CC2. The van der Waals surface area contributed by atoms with Crippen molar-refractivity contribution in [1.82, 2.24) is 9.47 Å². The summed E-state index contributed by atoms with van der Waals surface area (Å²) in [5, 5.41) is 4.09. The molecule has 0 fully saturated rings. The number of aromatic nitrogens is 1. The van der Waals surface area contributed by atoms with Gasteiger partial charge in [-0.1, -0.05) is 29.3 Å². The molecular formula is C26H30N2O4S. The lowest BCUT2D eigenvalue weighted by molar-refractivity contribution is 0.0593. The van der Waals surface area contributed by atoms with Crippen LogP contribution in [0.1, 0.15) is 38.3 Å². The van der Waals surface area contributed by atoms with Crippen LogP contribution in [-0.2, 0) is 30.7 Å². The first-order valence-electron chi connectivity index (χ1n) is 11.2. The third-order valence-electron chi connectivity index (χ3n) is 5.99. The van der Waals surface area contributed by atoms with Gasteiger partial charge in [0.1, 0.15) is 11.3 Å². The number of thiophene rings is 1. The van der Waals surface area contributed by atoms with Gasteiger partial charge in [-0.25, -0.2) is 4.79 Å². The van der Waals surface area contributed by atoms with E-state index in [0.717, 1.165) is 19.6 Å². The number of methoxy groups -OCH3 is 1. The molecule has 1 aliphatic heterocycles. The molecule has 0 amide bonds. The molecule has 4 rings (SSSR count). The van der Waals surface area contributed by atoms with Crippen LogP contribution in [0.2, 0.25) is 0 Å². The molecule has 0 saturated heterocycles. The normalized spacial score (nSPS) is 13.9. The van der Waals surface area contributed by atoms with Crippen LogP contribution in [0.5, 0.6) is 5.75 Å². The fraction of sp³-hybridized carbons (Fsp3) is 0.385. The maximum Gasteiger partial charge on any atom is 0.343 e. The molecule has 0 radical (unpaired) electrons. The van der Waals surface area contributed by atoms with Crippen molar-refractivity contribution in [3.05, 3.63) is 85.0 Å². The van der Waals surface area contributed by atoms with Crippen molar-refractivity contribution in [2.45, 2.75) is 39.8 Å². The zero-order valence-electron chi connectivity index (χ0n) is 19.4. The first-order chi connectivity index (χ1) is 15.9. The second-order valence-electron chi connectivity index (χ2n) is 8.56. The monoisotopic (exact) mass is 466 g/mol. The lowest BCUT2D eigenvalue weighted by Gasteiger charge is -2.20. The Morgan fingerprint density at radius 2 is 1.85 bits per heavy atom. The molecule has 0 N–H and O–H groups in total. The molecule has 3 heterocycles. The number of esters is 1. The second kappa shape index (κ2) is 10.4. The molecule has 174 valence electrons. The standard InChI is InChI=1S/C26H30N2O4S/c1-18-12-19(2)14-21(13-18)16-27-7-4-22-25(26(30)31-3)23(15-24(29)28(22)9-8-27)32-10-5-20-6-11-33-17-20/h6,11-15,17H,4-5,7-10,16H2,1-3H3. The van der Waals surface area contributed by atoms with Crippen LogP contribution in [0.15, 0.2) is 45.9 Å². The highest BCUT2D eigenvalue weighted by molar-refractivity contribution is 7.07. The molecular weight excluding hydrogens is 436 g/mol. The number of ether oxygens (including phenoxy) is 2. The maximum absolute atomic E-state index is 13.0. The number of fused-ring (bicyclic) bond motifs is 1. The molecule has 0 unspecified atom stereocenters. The number of pyridine rings is 1. The van der Waals surface area contributed by atoms with Gasteiger partial charge in [0.15, 0.2) is 0 Å². The third kappa shape index (κ3) is 5.54. The minimum absolute atomic E-state index is 0.142. The van der Waals surface area contributed by atoms with Gasteiger partial charge >= 0.3 is 5.97 Å². The number of hydrogen-bond acceptors (Lipinski definition) is 6. The van der Waals surface area contributed by atoms with Gasteiger partial charge in [-0.3, -0.25) is 9.69 Å². The molecule has 7 heteroatoms. The third-order valence-corrected chi connectivity index (χ3v) is 6.72. The number of carbonyl (C=O) groups excluding carboxylic acids is 1. The van der Waals surface area contributed by atoms with Gasteiger partial charge in [-0.2, -0.15) is 11.3 Å². The molecule has 1 aliphatic rings. The topological polar surface area (TPSA) is 60.8 Å². The fourth-order valence-corrected chi connectivity index (χ4v) is 5.22. The van der Waals surface area contributed by atoms with Gasteiger partial charge in [-0.05, 0) is 41.8 Å². The lowest BCUT2D eigenvalue weighted by atomic mass is 10.1. The molecule has 6 nitrogen and oxygen atoms in total. The second-order valence-corrected chi connectivity index (χ2v) is 9.34. The number of hydrogen-bond donors (Lipinski definition) is 0. The van der Waals surface area contributed by atoms with E-state index in [0.29, 0.717) is 43.0 Å². The Kier molecular flexibility index (Phi) is 7.30. The van der Waals surface area contributed by atoms with Crippen molar-refractivity contribution in [2.75, 3.05) is 26.8 Å². The Bertz CT molecular complexity index is 1160. The Hall–Kier alpha value is -2.90. The Labute approximate surface area is 198 Å². The van der Waals surface area contributed by atoms with E-state index in [2.05, 4.69) is 42.3 Å². The van der Waals surface area contributed by atoms with Crippen LogP contribution in [0.4, 0.5) is 0 Å². The van der Waals surface area contributed by atoms with E-state index in [1.807, 2.05) is 11.4 Å². The van der Waals surface area contributed by atoms with Crippen molar-refractivity contribution in [2.24, 2.45) is 0 Å². The van der Waals surface area contributed by atoms with Gasteiger partial charge < -0.3 is 14.0 Å². The van der Waals surface area contributed by atoms with Gasteiger partial charge in [0.05, 0.1) is 13.7 Å². The highest BCUT2D eigenvalue weighted by Crippen LogP contribution is 2.25. The first kappa shape index (κ1) is 23.3. The largest absolute Gasteiger partial charge is 0.492 e. The molecule has 1 aromatic carbocycles. The predicted octanol–water partition coefficient (Wildman–Crippen LogP) is 3.99. The summed E-state index contributed by atoms with van der Waals surface area (Å²) in [6, 6.07) is 10.1. The molecule has 0 aliphatic carbocycles. The predicted molar refractivity (Wildman–Crippen MR) is 130 cm³/mol. The molecule has 0 saturated carbocycles. The minimum Gasteiger partial charge on any atom is -0.492 e. The van der Waals surface area contributed by atoms with Crippen molar-refractivity contribution in [1.29, 1.82) is 0 Å². The van der Waals surface area contributed by atoms with E-state index in [-0.39, 0.29) is 5.56 Å². The lowest BCUT2D eigenvalue weighted by Crippen LogP contribution is -2.29. The quantitative estimate of drug-likeness (QED) is 0.493. The highest BCUT2D eigenvalue weighted by Gasteiger charge is 2.26. The number of carbonyl (C=O) groups is 1. The summed E-state index contributed by atoms with van der Waals surface area (Å²) in [6.45, 7) is 7.42. The van der Waals surface area contributed by atoms with E-state index in [1.165, 1.54) is 35.4 Å². The summed E-state index contributed by atoms with van der Waals surface area (Å²) in [6.07, 6.45) is 1.29. The van der Waals surface area contributed by atoms with Crippen molar-refractivity contribution < 1.29 is 14.3 Å². The van der Waals surface area contributed by atoms with E-state index < -0.39 is 5.97 Å². The van der Waals surface area contributed by atoms with Crippen molar-refractivity contribution >= 4 is 17.3 Å². The van der Waals surface area contributed by atoms with E-state index in [9.17, 15) is 9.59 Å². The number of nitrogens with zero attached hydrogens (tertiary/aromatic N) is 2. The Morgan fingerprint density at radius 1 is 1.06 bits per heavy atom. The number of benzene rings is 1. The molecule has 0 spiro atoms. The van der Waals surface area contributed by atoms with Crippen LogP contribution in [0, 0.1) is 13.8 Å². The smallest absolute Gasteiger partial charge is 0.343 e. The molecule has 0 bridgehead atoms. The average Bonchev–Trinajstić information content (AvgIpc) is 3.20. The van der Waals surface area contributed by atoms with Crippen LogP contribution in [-0.4, -0.2) is 42.2 Å². The van der Waals surface area contributed by atoms with Gasteiger partial charge in [-0.15, -0.1) is 0 Å². The zero-order valence-corrected chi connectivity index (χ0v) is 20.2. The zero-order chi connectivity index (χ0) is 23.4. The molecule has 2 aromatic heterocycles. The van der Waals surface area contributed by atoms with Crippen molar-refractivity contribution in [3.63, 3.8) is 0 Å². The Morgan fingerprint density at radius 3 is 2.55 bits per heavy atom. The Balaban J connectivity index is 1.56. The van der Waals surface area contributed by atoms with E-state index >= 15 is 0 Å². The van der Waals surface area contributed by atoms with Crippen LogP contribution in [0.3, 0.4) is 0 Å². The summed E-state index contributed by atoms with van der Waals surface area (Å²) in [4.78, 5) is 28.0. The summed E-state index contributed by atoms with van der Waals surface area (Å²) in [7, 11) is 1.36. The van der Waals surface area contributed by atoms with Crippen LogP contribution >= 0.6 is 11.3 Å². The summed E-state index contributed by atoms with van der Waals surface area (Å²) in [5.41, 5.74) is 5.85. The highest BCUT2D eigenvalue weighted by atomic mass is 32.1. The first-order valence-corrected chi connectivity index (χ1v) is 12.2. The summed E-state index contributed by atoms with van der Waals surface area (Å²) < 4.78 is 12.7. The summed E-state index contributed by atoms with van der Waals surface area (Å²) in [5.74, 6) is -0.150. The van der Waals surface area contributed by atoms with E-state index in [1.54, 1.807) is 15.9 Å². The van der Waals surface area contributed by atoms with Crippen LogP contribution in [0.25, 0.3) is 0 Å². The van der Waals surface area contributed by atoms with E-state index in [4.69, 9.17) is 9.47 Å². The number of rotatable bonds is 7. The van der Waals surface area contributed by atoms with Gasteiger partial charge in [0.25, 0.3) is 5.56 Å². The average molecular weight is 467 g/mol. The fourth-order valence-electron chi connectivity index (χ4n) is 4.52. The summed E-state index contributed by atoms with van der Waals surface area (Å²) >= 11 is 1.64. The van der Waals surface area contributed by atoms with Gasteiger partial charge in [0.2, 0.25) is 0 Å². The molecule has 0 atom stereocenters. The number of aryl methyl sites for hydroxylation is 2. The van der Waals surface area contributed by atoms with Gasteiger partial charge in [0, 0.05) is 50.8 Å². The van der Waals surface area contributed by atoms with Crippen LogP contribution < -0.4 is 10.3 Å². The molecule has 3 aromatic rings. The van der Waals surface area contributed by atoms with Crippen molar-refractivity contribution in [3.8, 4) is 5.75 Å².